The molecule has 1 fully saturated rings. The second-order valence-electron chi connectivity index (χ2n) is 5.74. The number of hydrogen-bond acceptors (Lipinski definition) is 0. The Morgan fingerprint density at radius 1 is 0.955 bits per heavy atom. The summed E-state index contributed by atoms with van der Waals surface area (Å²) in [6.07, 6.45) is 9.62. The van der Waals surface area contributed by atoms with Gasteiger partial charge in [-0.25, -0.2) is 0 Å². The summed E-state index contributed by atoms with van der Waals surface area (Å²) >= 11 is 0. The van der Waals surface area contributed by atoms with Crippen LogP contribution in [0, 0.1) is 5.92 Å². The minimum Gasteiger partial charge on any atom is -0.0985 e. The SMILES string of the molecule is C=Cc1ccccc1.CCC1CCCC1=Cc1ccccc1. The molecule has 1 saturated carbocycles. The van der Waals surface area contributed by atoms with Crippen LogP contribution in [0.1, 0.15) is 43.7 Å². The standard InChI is InChI=1S/C14H18.C8H8/c1-2-13-9-6-10-14(13)11-12-7-4-3-5-8-12;1-2-8-6-4-3-5-7-8/h3-5,7-8,11,13H,2,6,9-10H2,1H3;2-7H,1H2. The molecule has 114 valence electrons. The fourth-order valence-corrected chi connectivity index (χ4v) is 2.95. The molecule has 0 aliphatic heterocycles. The maximum Gasteiger partial charge on any atom is -0.0202 e. The fourth-order valence-electron chi connectivity index (χ4n) is 2.95. The Labute approximate surface area is 135 Å². The van der Waals surface area contributed by atoms with Crippen molar-refractivity contribution in [3.63, 3.8) is 0 Å². The van der Waals surface area contributed by atoms with Gasteiger partial charge in [0.2, 0.25) is 0 Å². The summed E-state index contributed by atoms with van der Waals surface area (Å²) in [5, 5.41) is 0. The average Bonchev–Trinajstić information content (AvgIpc) is 3.04. The summed E-state index contributed by atoms with van der Waals surface area (Å²) in [6.45, 7) is 5.93. The molecule has 1 aliphatic carbocycles. The molecule has 2 aromatic carbocycles. The van der Waals surface area contributed by atoms with Crippen LogP contribution in [0.3, 0.4) is 0 Å². The lowest BCUT2D eigenvalue weighted by molar-refractivity contribution is 0.608. The first kappa shape index (κ1) is 16.3. The smallest absolute Gasteiger partial charge is 0.0202 e. The van der Waals surface area contributed by atoms with E-state index < -0.39 is 0 Å². The van der Waals surface area contributed by atoms with Gasteiger partial charge in [-0.15, -0.1) is 0 Å². The zero-order valence-electron chi connectivity index (χ0n) is 13.5. The van der Waals surface area contributed by atoms with E-state index >= 15 is 0 Å². The molecule has 0 heteroatoms. The first-order valence-corrected chi connectivity index (χ1v) is 8.26. The molecule has 3 rings (SSSR count). The van der Waals surface area contributed by atoms with Crippen LogP contribution in [0.4, 0.5) is 0 Å². The molecule has 22 heavy (non-hydrogen) atoms. The minimum atomic E-state index is 0.857. The van der Waals surface area contributed by atoms with Crippen LogP contribution >= 0.6 is 0 Å². The van der Waals surface area contributed by atoms with Gasteiger partial charge in [0.25, 0.3) is 0 Å². The van der Waals surface area contributed by atoms with Gasteiger partial charge in [-0.05, 0) is 42.7 Å². The molecule has 0 radical (unpaired) electrons. The van der Waals surface area contributed by atoms with Crippen molar-refractivity contribution < 1.29 is 0 Å². The van der Waals surface area contributed by atoms with Crippen molar-refractivity contribution in [3.8, 4) is 0 Å². The van der Waals surface area contributed by atoms with Gasteiger partial charge >= 0.3 is 0 Å². The van der Waals surface area contributed by atoms with E-state index in [0.717, 1.165) is 5.92 Å². The van der Waals surface area contributed by atoms with Crippen LogP contribution in [0.15, 0.2) is 72.8 Å². The maximum atomic E-state index is 3.63. The second kappa shape index (κ2) is 9.04. The number of hydrogen-bond donors (Lipinski definition) is 0. The number of allylic oxidation sites excluding steroid dienone is 1. The maximum absolute atomic E-state index is 3.63. The molecule has 0 saturated heterocycles. The summed E-state index contributed by atoms with van der Waals surface area (Å²) in [5.74, 6) is 0.857. The summed E-state index contributed by atoms with van der Waals surface area (Å²) in [6, 6.07) is 20.7. The van der Waals surface area contributed by atoms with Crippen LogP contribution in [0.2, 0.25) is 0 Å². The van der Waals surface area contributed by atoms with Gasteiger partial charge in [-0.2, -0.15) is 0 Å². The Morgan fingerprint density at radius 3 is 2.05 bits per heavy atom. The van der Waals surface area contributed by atoms with Crippen molar-refractivity contribution in [2.24, 2.45) is 5.92 Å². The predicted octanol–water partition coefficient (Wildman–Crippen LogP) is 6.61. The van der Waals surface area contributed by atoms with E-state index in [2.05, 4.69) is 49.9 Å². The summed E-state index contributed by atoms with van der Waals surface area (Å²) in [7, 11) is 0. The molecule has 0 bridgehead atoms. The predicted molar refractivity (Wildman–Crippen MR) is 98.6 cm³/mol. The Morgan fingerprint density at radius 2 is 1.55 bits per heavy atom. The molecule has 0 amide bonds. The van der Waals surface area contributed by atoms with Gasteiger partial charge < -0.3 is 0 Å². The third-order valence-electron chi connectivity index (χ3n) is 4.22. The highest BCUT2D eigenvalue weighted by atomic mass is 14.2. The average molecular weight is 290 g/mol. The van der Waals surface area contributed by atoms with E-state index in [9.17, 15) is 0 Å². The monoisotopic (exact) mass is 290 g/mol. The normalized spacial score (nSPS) is 18.6. The molecule has 2 aromatic rings. The van der Waals surface area contributed by atoms with E-state index in [0.29, 0.717) is 0 Å². The minimum absolute atomic E-state index is 0.857. The van der Waals surface area contributed by atoms with Gasteiger partial charge in [0.15, 0.2) is 0 Å². The van der Waals surface area contributed by atoms with Crippen molar-refractivity contribution in [2.75, 3.05) is 0 Å². The van der Waals surface area contributed by atoms with Crippen molar-refractivity contribution >= 4 is 12.2 Å². The molecule has 1 atom stereocenters. The first-order valence-electron chi connectivity index (χ1n) is 8.26. The van der Waals surface area contributed by atoms with Gasteiger partial charge in [0.1, 0.15) is 0 Å². The Kier molecular flexibility index (Phi) is 6.70. The van der Waals surface area contributed by atoms with E-state index in [1.807, 2.05) is 36.4 Å². The van der Waals surface area contributed by atoms with E-state index in [4.69, 9.17) is 0 Å². The number of rotatable bonds is 3. The Hall–Kier alpha value is -2.08. The third kappa shape index (κ3) is 5.04. The third-order valence-corrected chi connectivity index (χ3v) is 4.22. The molecule has 1 unspecified atom stereocenters. The molecular formula is C22H26. The lowest BCUT2D eigenvalue weighted by Gasteiger charge is -2.08. The number of benzene rings is 2. The molecule has 0 spiro atoms. The lowest BCUT2D eigenvalue weighted by atomic mass is 9.98. The highest BCUT2D eigenvalue weighted by molar-refractivity contribution is 5.53. The van der Waals surface area contributed by atoms with Crippen molar-refractivity contribution in [1.29, 1.82) is 0 Å². The Bertz CT molecular complexity index is 578. The van der Waals surface area contributed by atoms with Gasteiger partial charge in [0, 0.05) is 0 Å². The zero-order chi connectivity index (χ0) is 15.6. The molecule has 1 aliphatic rings. The molecule has 0 nitrogen and oxygen atoms in total. The van der Waals surface area contributed by atoms with Gasteiger partial charge in [-0.3, -0.25) is 0 Å². The highest BCUT2D eigenvalue weighted by Gasteiger charge is 2.18. The van der Waals surface area contributed by atoms with Crippen LogP contribution in [0.25, 0.3) is 12.2 Å². The van der Waals surface area contributed by atoms with E-state index in [1.54, 1.807) is 5.57 Å². The van der Waals surface area contributed by atoms with Gasteiger partial charge in [-0.1, -0.05) is 91.9 Å². The van der Waals surface area contributed by atoms with Gasteiger partial charge in [0.05, 0.1) is 0 Å². The topological polar surface area (TPSA) is 0 Å². The zero-order valence-corrected chi connectivity index (χ0v) is 13.5. The van der Waals surface area contributed by atoms with Crippen LogP contribution in [0.5, 0.6) is 0 Å². The summed E-state index contributed by atoms with van der Waals surface area (Å²) < 4.78 is 0. The fraction of sp³-hybridized carbons (Fsp3) is 0.273. The molecule has 0 aromatic heterocycles. The highest BCUT2D eigenvalue weighted by Crippen LogP contribution is 2.34. The molecule has 0 heterocycles. The van der Waals surface area contributed by atoms with Crippen LogP contribution < -0.4 is 0 Å². The van der Waals surface area contributed by atoms with Crippen molar-refractivity contribution in [1.82, 2.24) is 0 Å². The van der Waals surface area contributed by atoms with Crippen LogP contribution in [-0.4, -0.2) is 0 Å². The Balaban J connectivity index is 0.000000188. The van der Waals surface area contributed by atoms with Crippen molar-refractivity contribution in [3.05, 3.63) is 83.9 Å². The van der Waals surface area contributed by atoms with E-state index in [1.165, 1.54) is 36.8 Å². The largest absolute Gasteiger partial charge is 0.0985 e. The quantitative estimate of drug-likeness (QED) is 0.596. The van der Waals surface area contributed by atoms with Crippen LogP contribution in [-0.2, 0) is 0 Å². The second-order valence-corrected chi connectivity index (χ2v) is 5.74. The first-order chi connectivity index (χ1) is 10.8. The summed E-state index contributed by atoms with van der Waals surface area (Å²) in [5.41, 5.74) is 4.20. The van der Waals surface area contributed by atoms with Crippen molar-refractivity contribution in [2.45, 2.75) is 32.6 Å². The summed E-state index contributed by atoms with van der Waals surface area (Å²) in [4.78, 5) is 0. The lowest BCUT2D eigenvalue weighted by Crippen LogP contribution is -1.93. The van der Waals surface area contributed by atoms with E-state index in [-0.39, 0.29) is 0 Å². The molecular weight excluding hydrogens is 264 g/mol. The molecule has 0 N–H and O–H groups in total.